The monoisotopic (exact) mass is 1300 g/mol. The minimum Gasteiger partial charge on any atom is -0.438 e. The lowest BCUT2D eigenvalue weighted by atomic mass is 9.80. The zero-order chi connectivity index (χ0) is 65.2. The van der Waals surface area contributed by atoms with Crippen molar-refractivity contribution in [3.05, 3.63) is 119 Å². The van der Waals surface area contributed by atoms with Crippen molar-refractivity contribution < 1.29 is 42.9 Å². The van der Waals surface area contributed by atoms with Crippen LogP contribution in [-0.4, -0.2) is 145 Å². The van der Waals surface area contributed by atoms with E-state index in [1.807, 2.05) is 77.7 Å². The first-order valence-electron chi connectivity index (χ1n) is 36.8. The summed E-state index contributed by atoms with van der Waals surface area (Å²) in [7, 11) is 0. The molecular weight excluding hydrogens is 1190 g/mol. The number of fused-ring (bicyclic) bond motifs is 10. The molecule has 17 rings (SSSR count). The van der Waals surface area contributed by atoms with Gasteiger partial charge in [-0.15, -0.1) is 0 Å². The number of carbonyl (C=O) groups excluding carboxylic acids is 5. The topological polar surface area (TPSA) is 187 Å². The summed E-state index contributed by atoms with van der Waals surface area (Å²) in [5, 5.41) is 11.3. The molecule has 9 fully saturated rings. The summed E-state index contributed by atoms with van der Waals surface area (Å²) in [5.74, 6) is 3.95. The molecule has 4 unspecified atom stereocenters. The normalized spacial score (nSPS) is 28.3. The fourth-order valence-electron chi connectivity index (χ4n) is 19.6. The molecule has 5 saturated heterocycles. The maximum Gasteiger partial charge on any atom is 0.412 e. The van der Waals surface area contributed by atoms with Gasteiger partial charge in [0.2, 0.25) is 5.91 Å². The van der Waals surface area contributed by atoms with Gasteiger partial charge in [0.25, 0.3) is 0 Å². The number of carbonyl (C=O) groups is 5. The summed E-state index contributed by atoms with van der Waals surface area (Å²) >= 11 is 0. The van der Waals surface area contributed by atoms with Crippen molar-refractivity contribution in [2.45, 2.75) is 208 Å². The Morgan fingerprint density at radius 3 is 1.15 bits per heavy atom. The molecule has 2 bridgehead atoms. The number of amides is 5. The van der Waals surface area contributed by atoms with Crippen molar-refractivity contribution in [1.82, 2.24) is 24.5 Å². The third-order valence-electron chi connectivity index (χ3n) is 24.8. The van der Waals surface area contributed by atoms with Crippen molar-refractivity contribution in [1.29, 1.82) is 0 Å². The van der Waals surface area contributed by atoms with Crippen LogP contribution in [0.25, 0.3) is 0 Å². The van der Waals surface area contributed by atoms with Gasteiger partial charge < -0.3 is 38.5 Å². The number of rotatable bonds is 5. The molecule has 9 heterocycles. The molecule has 9 aliphatic heterocycles. The van der Waals surface area contributed by atoms with E-state index < -0.39 is 22.4 Å². The second kappa shape index (κ2) is 28.4. The van der Waals surface area contributed by atoms with Crippen LogP contribution in [0, 0.1) is 23.7 Å². The van der Waals surface area contributed by atoms with Crippen LogP contribution >= 0.6 is 0 Å². The van der Waals surface area contributed by atoms with Crippen molar-refractivity contribution >= 4 is 53.0 Å². The molecule has 0 aromatic heterocycles. The third-order valence-corrected chi connectivity index (χ3v) is 24.8. The summed E-state index contributed by atoms with van der Waals surface area (Å²) in [6, 6.07) is 34.3. The van der Waals surface area contributed by atoms with Crippen LogP contribution in [0.5, 0.6) is 0 Å². The van der Waals surface area contributed by atoms with Gasteiger partial charge in [-0.2, -0.15) is 0 Å². The maximum absolute atomic E-state index is 12.0. The molecular formula is C77H103N9O9. The molecule has 18 heteroatoms. The van der Waals surface area contributed by atoms with Gasteiger partial charge in [-0.3, -0.25) is 31.0 Å². The smallest absolute Gasteiger partial charge is 0.412 e. The number of para-hydroxylation sites is 4. The van der Waals surface area contributed by atoms with Crippen LogP contribution in [-0.2, 0) is 46.1 Å². The Bertz CT molecular complexity index is 3280. The first-order chi connectivity index (χ1) is 46.2. The molecule has 4 aromatic carbocycles. The number of benzene rings is 4. The first kappa shape index (κ1) is 65.6. The molecule has 4 saturated carbocycles. The largest absolute Gasteiger partial charge is 0.438 e. The molecule has 13 aliphatic rings. The highest BCUT2D eigenvalue weighted by Crippen LogP contribution is 2.51. The molecule has 510 valence electrons. The first-order valence-corrected chi connectivity index (χ1v) is 36.8. The van der Waals surface area contributed by atoms with Gasteiger partial charge in [0.1, 0.15) is 22.4 Å². The third kappa shape index (κ3) is 14.2. The fourth-order valence-corrected chi connectivity index (χ4v) is 19.6. The Morgan fingerprint density at radius 2 is 0.779 bits per heavy atom. The van der Waals surface area contributed by atoms with Gasteiger partial charge in [-0.1, -0.05) is 125 Å². The minimum absolute atomic E-state index is 0.175. The van der Waals surface area contributed by atoms with Gasteiger partial charge >= 0.3 is 24.4 Å². The average molecular weight is 1300 g/mol. The number of hydrogen-bond acceptors (Lipinski definition) is 13. The Balaban J connectivity index is 0.000000109. The SMILES string of the molecule is CC(=O)N1CCC(N2CCC3(CC2)OC(=O)Nc2ccccc23)CC1.C[C@@H]1CCCC(N2CCC3(CC2)OC(=O)Nc2ccccc23)C1.O=C1Nc2ccccc2C2(CCN(C3CCCCCC3)CC2)O1.O=C1Nc2ccccc2C2(CCN(CC3CC4CCC3C4)CC2)O1. The van der Waals surface area contributed by atoms with Crippen molar-refractivity contribution in [3.63, 3.8) is 0 Å². The van der Waals surface area contributed by atoms with E-state index in [1.54, 1.807) is 6.92 Å². The summed E-state index contributed by atoms with van der Waals surface area (Å²) < 4.78 is 23.3. The van der Waals surface area contributed by atoms with Crippen LogP contribution in [0.3, 0.4) is 0 Å². The zero-order valence-electron chi connectivity index (χ0n) is 56.4. The van der Waals surface area contributed by atoms with E-state index in [1.165, 1.54) is 96.4 Å². The quantitative estimate of drug-likeness (QED) is 0.109. The maximum atomic E-state index is 12.0. The molecule has 4 aliphatic carbocycles. The van der Waals surface area contributed by atoms with Crippen LogP contribution < -0.4 is 21.3 Å². The Kier molecular flexibility index (Phi) is 19.6. The number of piperidine rings is 5. The predicted molar refractivity (Wildman–Crippen MR) is 368 cm³/mol. The van der Waals surface area contributed by atoms with Gasteiger partial charge in [0.15, 0.2) is 0 Å². The van der Waals surface area contributed by atoms with Crippen LogP contribution in [0.4, 0.5) is 41.9 Å². The standard InChI is InChI=1S/C20H26N2O2.C19H25N3O3.2C19H26N2O2/c23-19-21-18-4-2-1-3-17(18)20(24-19)7-9-22(10-8-20)13-16-12-14-5-6-15(16)11-14;1-14(23)21-10-6-15(7-11-21)22-12-8-19(9-13-22)16-4-2-3-5-17(16)20-18(24)25-19;1-14-5-4-6-15(13-14)21-11-9-19(10-12-21)16-7-2-3-8-17(16)20-18(22)23-19;22-18-20-17-10-6-5-9-16(17)19(23-18)11-13-21(14-12-19)15-7-3-1-2-4-8-15/h1-4,14-16H,5-13H2,(H,21,23);2-5,15H,6-13H2,1H3,(H,20,24);2-3,7-8,14-15H,4-6,9-13H2,1H3,(H,20,22);5-6,9-10,15H,1-4,7-8,11-14H2,(H,20,22)/t;;14-,15?;/m..1./s1. The molecule has 0 radical (unpaired) electrons. The van der Waals surface area contributed by atoms with Crippen LogP contribution in [0.1, 0.15) is 190 Å². The molecule has 18 nitrogen and oxygen atoms in total. The van der Waals surface area contributed by atoms with Crippen molar-refractivity contribution in [2.75, 3.05) is 93.3 Å². The van der Waals surface area contributed by atoms with Crippen molar-refractivity contribution in [2.24, 2.45) is 23.7 Å². The lowest BCUT2D eigenvalue weighted by Crippen LogP contribution is -2.53. The number of anilines is 4. The van der Waals surface area contributed by atoms with E-state index in [0.717, 1.165) is 210 Å². The van der Waals surface area contributed by atoms with Gasteiger partial charge in [-0.05, 0) is 106 Å². The zero-order valence-corrected chi connectivity index (χ0v) is 56.4. The molecule has 4 N–H and O–H groups in total. The molecule has 4 aromatic rings. The number of nitrogens with one attached hydrogen (secondary N) is 4. The van der Waals surface area contributed by atoms with Gasteiger partial charge in [-0.25, -0.2) is 19.2 Å². The summed E-state index contributed by atoms with van der Waals surface area (Å²) in [4.78, 5) is 71.8. The summed E-state index contributed by atoms with van der Waals surface area (Å²) in [6.45, 7) is 15.0. The highest BCUT2D eigenvalue weighted by Gasteiger charge is 2.50. The number of hydrogen-bond donors (Lipinski definition) is 4. The fraction of sp³-hybridized carbons (Fsp3) is 0.623. The Morgan fingerprint density at radius 1 is 0.411 bits per heavy atom. The number of nitrogens with zero attached hydrogens (tertiary/aromatic N) is 5. The van der Waals surface area contributed by atoms with Gasteiger partial charge in [0.05, 0.1) is 22.7 Å². The molecule has 4 spiro atoms. The summed E-state index contributed by atoms with van der Waals surface area (Å²) in [6.07, 6.45) is 27.4. The lowest BCUT2D eigenvalue weighted by Gasteiger charge is -2.47. The van der Waals surface area contributed by atoms with E-state index in [0.29, 0.717) is 6.04 Å². The van der Waals surface area contributed by atoms with Gasteiger partial charge in [0, 0.05) is 171 Å². The molecule has 5 amide bonds. The lowest BCUT2D eigenvalue weighted by molar-refractivity contribution is -0.130. The van der Waals surface area contributed by atoms with E-state index >= 15 is 0 Å². The summed E-state index contributed by atoms with van der Waals surface area (Å²) in [5.41, 5.74) is 6.46. The molecule has 95 heavy (non-hydrogen) atoms. The molecule has 5 atom stereocenters. The van der Waals surface area contributed by atoms with Crippen molar-refractivity contribution in [3.8, 4) is 0 Å². The van der Waals surface area contributed by atoms with Crippen LogP contribution in [0.2, 0.25) is 0 Å². The minimum atomic E-state index is -0.491. The van der Waals surface area contributed by atoms with Crippen LogP contribution in [0.15, 0.2) is 97.1 Å². The van der Waals surface area contributed by atoms with E-state index in [9.17, 15) is 24.0 Å². The Hall–Kier alpha value is -6.73. The predicted octanol–water partition coefficient (Wildman–Crippen LogP) is 14.9. The highest BCUT2D eigenvalue weighted by atomic mass is 16.6. The Labute approximate surface area is 562 Å². The van der Waals surface area contributed by atoms with E-state index in [2.05, 4.69) is 72.1 Å². The number of likely N-dealkylation sites (tertiary alicyclic amines) is 5. The number of ether oxygens (including phenoxy) is 4. The second-order valence-corrected chi connectivity index (χ2v) is 30.4. The van der Waals surface area contributed by atoms with E-state index in [-0.39, 0.29) is 30.3 Å². The second-order valence-electron chi connectivity index (χ2n) is 30.4. The average Bonchev–Trinajstić information content (AvgIpc) is 1.62. The highest BCUT2D eigenvalue weighted by molar-refractivity contribution is 5.91. The van der Waals surface area contributed by atoms with E-state index in [4.69, 9.17) is 18.9 Å².